The van der Waals surface area contributed by atoms with Crippen molar-refractivity contribution in [2.75, 3.05) is 46.0 Å². The molecule has 2 saturated heterocycles. The summed E-state index contributed by atoms with van der Waals surface area (Å²) in [6.45, 7) is 10.8. The smallest absolute Gasteiger partial charge is 0.295 e. The van der Waals surface area contributed by atoms with Crippen molar-refractivity contribution < 1.29 is 24.2 Å². The van der Waals surface area contributed by atoms with Gasteiger partial charge < -0.3 is 19.5 Å². The molecule has 4 rings (SSSR count). The van der Waals surface area contributed by atoms with Crippen LogP contribution in [-0.4, -0.2) is 72.6 Å². The van der Waals surface area contributed by atoms with Gasteiger partial charge in [0, 0.05) is 31.7 Å². The fourth-order valence-electron chi connectivity index (χ4n) is 4.59. The van der Waals surface area contributed by atoms with Crippen LogP contribution in [0.15, 0.2) is 54.1 Å². The minimum atomic E-state index is -0.654. The number of morpholine rings is 1. The molecule has 7 nitrogen and oxygen atoms in total. The third kappa shape index (κ3) is 5.79. The molecule has 0 unspecified atom stereocenters. The Hall–Kier alpha value is -3.16. The van der Waals surface area contributed by atoms with E-state index in [2.05, 4.69) is 25.7 Å². The summed E-state index contributed by atoms with van der Waals surface area (Å²) in [6.07, 6.45) is 0.892. The van der Waals surface area contributed by atoms with Crippen molar-refractivity contribution in [2.24, 2.45) is 5.92 Å². The normalized spacial score (nSPS) is 20.3. The molecule has 0 aromatic heterocycles. The Bertz CT molecular complexity index is 1090. The molecule has 1 amide bonds. The largest absolute Gasteiger partial charge is 0.507 e. The molecule has 0 radical (unpaired) electrons. The molecule has 7 heteroatoms. The molecule has 2 fully saturated rings. The lowest BCUT2D eigenvalue weighted by atomic mass is 9.94. The number of amides is 1. The van der Waals surface area contributed by atoms with Crippen molar-refractivity contribution in [2.45, 2.75) is 33.2 Å². The number of hydrogen-bond donors (Lipinski definition) is 1. The van der Waals surface area contributed by atoms with Crippen LogP contribution in [0, 0.1) is 5.92 Å². The molecule has 2 aliphatic heterocycles. The van der Waals surface area contributed by atoms with E-state index < -0.39 is 17.7 Å². The minimum Gasteiger partial charge on any atom is -0.507 e. The molecule has 0 spiro atoms. The van der Waals surface area contributed by atoms with Gasteiger partial charge in [0.05, 0.1) is 31.4 Å². The molecule has 1 atom stereocenters. The van der Waals surface area contributed by atoms with Gasteiger partial charge in [0.1, 0.15) is 11.5 Å². The van der Waals surface area contributed by atoms with Crippen LogP contribution >= 0.6 is 0 Å². The van der Waals surface area contributed by atoms with Crippen molar-refractivity contribution in [1.82, 2.24) is 9.80 Å². The quantitative estimate of drug-likeness (QED) is 0.323. The lowest BCUT2D eigenvalue weighted by Crippen LogP contribution is -2.42. The Labute approximate surface area is 213 Å². The van der Waals surface area contributed by atoms with Crippen molar-refractivity contribution in [1.29, 1.82) is 0 Å². The molecule has 2 heterocycles. The number of Topliss-reactive ketones (excluding diaryl/α,β-unsaturated/α-hetero) is 1. The van der Waals surface area contributed by atoms with Gasteiger partial charge in [-0.05, 0) is 47.7 Å². The van der Waals surface area contributed by atoms with Crippen LogP contribution in [0.5, 0.6) is 5.75 Å². The number of hydrogen-bond acceptors (Lipinski definition) is 6. The van der Waals surface area contributed by atoms with Crippen molar-refractivity contribution in [3.63, 3.8) is 0 Å². The summed E-state index contributed by atoms with van der Waals surface area (Å²) in [5.41, 5.74) is 2.59. The van der Waals surface area contributed by atoms with Crippen LogP contribution in [0.25, 0.3) is 5.76 Å². The summed E-state index contributed by atoms with van der Waals surface area (Å²) >= 11 is 0. The summed E-state index contributed by atoms with van der Waals surface area (Å²) in [5, 5.41) is 11.3. The average molecular weight is 493 g/mol. The van der Waals surface area contributed by atoms with Crippen molar-refractivity contribution in [3.8, 4) is 5.75 Å². The molecule has 2 aromatic carbocycles. The Balaban J connectivity index is 1.67. The fourth-order valence-corrected chi connectivity index (χ4v) is 4.59. The number of likely N-dealkylation sites (tertiary alicyclic amines) is 1. The first-order valence-corrected chi connectivity index (χ1v) is 12.8. The van der Waals surface area contributed by atoms with E-state index in [9.17, 15) is 14.7 Å². The van der Waals surface area contributed by atoms with Gasteiger partial charge in [-0.1, -0.05) is 45.0 Å². The van der Waals surface area contributed by atoms with E-state index in [-0.39, 0.29) is 11.3 Å². The fraction of sp³-hybridized carbons (Fsp3) is 0.448. The van der Waals surface area contributed by atoms with Crippen LogP contribution in [0.4, 0.5) is 0 Å². The van der Waals surface area contributed by atoms with E-state index in [0.29, 0.717) is 50.1 Å². The first-order valence-electron chi connectivity index (χ1n) is 12.8. The predicted octanol–water partition coefficient (Wildman–Crippen LogP) is 4.04. The van der Waals surface area contributed by atoms with E-state index in [1.807, 2.05) is 24.3 Å². The molecule has 2 aromatic rings. The zero-order chi connectivity index (χ0) is 25.7. The van der Waals surface area contributed by atoms with E-state index in [1.54, 1.807) is 29.2 Å². The lowest BCUT2D eigenvalue weighted by molar-refractivity contribution is -0.140. The highest BCUT2D eigenvalue weighted by Gasteiger charge is 2.46. The Morgan fingerprint density at radius 1 is 1.03 bits per heavy atom. The molecule has 1 N–H and O–H groups in total. The van der Waals surface area contributed by atoms with E-state index in [0.717, 1.165) is 25.1 Å². The summed E-state index contributed by atoms with van der Waals surface area (Å²) in [7, 11) is 0. The van der Waals surface area contributed by atoms with Crippen molar-refractivity contribution >= 4 is 17.4 Å². The maximum atomic E-state index is 13.3. The van der Waals surface area contributed by atoms with Crippen LogP contribution in [0.2, 0.25) is 0 Å². The molecular formula is C29H36N2O5. The molecule has 0 aliphatic carbocycles. The first-order chi connectivity index (χ1) is 17.4. The first kappa shape index (κ1) is 25.9. The number of carbonyl (C=O) groups excluding carboxylic acids is 2. The SMILES string of the molecule is CCc1ccc([C@H]2/C(=C(\O)c3ccc(OCC(C)C)cc3)C(=O)C(=O)N2CCN2CCOCC2)cc1. The number of aryl methyl sites for hydroxylation is 1. The second kappa shape index (κ2) is 11.7. The zero-order valence-corrected chi connectivity index (χ0v) is 21.4. The number of nitrogens with zero attached hydrogens (tertiary/aromatic N) is 2. The molecule has 192 valence electrons. The van der Waals surface area contributed by atoms with Gasteiger partial charge in [0.15, 0.2) is 0 Å². The van der Waals surface area contributed by atoms with Crippen LogP contribution in [-0.2, 0) is 20.7 Å². The summed E-state index contributed by atoms with van der Waals surface area (Å²) in [6, 6.07) is 14.3. The summed E-state index contributed by atoms with van der Waals surface area (Å²) in [4.78, 5) is 30.3. The maximum Gasteiger partial charge on any atom is 0.295 e. The highest BCUT2D eigenvalue weighted by atomic mass is 16.5. The number of rotatable bonds is 9. The number of ether oxygens (including phenoxy) is 2. The summed E-state index contributed by atoms with van der Waals surface area (Å²) in [5.74, 6) is -0.309. The van der Waals surface area contributed by atoms with Gasteiger partial charge in [-0.15, -0.1) is 0 Å². The van der Waals surface area contributed by atoms with Crippen molar-refractivity contribution in [3.05, 3.63) is 70.8 Å². The van der Waals surface area contributed by atoms with Crippen LogP contribution < -0.4 is 4.74 Å². The monoisotopic (exact) mass is 492 g/mol. The second-order valence-corrected chi connectivity index (χ2v) is 9.77. The van der Waals surface area contributed by atoms with Gasteiger partial charge in [0.25, 0.3) is 11.7 Å². The van der Waals surface area contributed by atoms with Crippen LogP contribution in [0.3, 0.4) is 0 Å². The number of carbonyl (C=O) groups is 2. The number of ketones is 1. The maximum absolute atomic E-state index is 13.3. The third-order valence-corrected chi connectivity index (χ3v) is 6.72. The standard InChI is InChI=1S/C29H36N2O5/c1-4-21-5-7-22(8-6-21)26-25(27(32)23-9-11-24(12-10-23)36-19-20(2)3)28(33)29(34)31(26)14-13-30-15-17-35-18-16-30/h5-12,20,26,32H,4,13-19H2,1-3H3/b27-25+/t26-/m0/s1. The van der Waals surface area contributed by atoms with Gasteiger partial charge in [-0.25, -0.2) is 0 Å². The van der Waals surface area contributed by atoms with Gasteiger partial charge in [-0.2, -0.15) is 0 Å². The molecule has 0 saturated carbocycles. The van der Waals surface area contributed by atoms with Crippen LogP contribution in [0.1, 0.15) is 43.5 Å². The molecule has 2 aliphatic rings. The zero-order valence-electron chi connectivity index (χ0n) is 21.4. The Morgan fingerprint density at radius 3 is 2.31 bits per heavy atom. The minimum absolute atomic E-state index is 0.127. The molecule has 36 heavy (non-hydrogen) atoms. The highest BCUT2D eigenvalue weighted by molar-refractivity contribution is 6.46. The highest BCUT2D eigenvalue weighted by Crippen LogP contribution is 2.39. The van der Waals surface area contributed by atoms with Gasteiger partial charge in [0.2, 0.25) is 0 Å². The Kier molecular flexibility index (Phi) is 8.44. The Morgan fingerprint density at radius 2 is 1.69 bits per heavy atom. The topological polar surface area (TPSA) is 79.3 Å². The van der Waals surface area contributed by atoms with Gasteiger partial charge >= 0.3 is 0 Å². The van der Waals surface area contributed by atoms with E-state index in [4.69, 9.17) is 9.47 Å². The molecule has 0 bridgehead atoms. The second-order valence-electron chi connectivity index (χ2n) is 9.77. The number of benzene rings is 2. The molecular weight excluding hydrogens is 456 g/mol. The van der Waals surface area contributed by atoms with E-state index in [1.165, 1.54) is 5.56 Å². The van der Waals surface area contributed by atoms with Gasteiger partial charge in [-0.3, -0.25) is 14.5 Å². The number of aliphatic hydroxyl groups excluding tert-OH is 1. The average Bonchev–Trinajstić information content (AvgIpc) is 3.16. The lowest BCUT2D eigenvalue weighted by Gasteiger charge is -2.31. The summed E-state index contributed by atoms with van der Waals surface area (Å²) < 4.78 is 11.2. The third-order valence-electron chi connectivity index (χ3n) is 6.72. The predicted molar refractivity (Wildman–Crippen MR) is 139 cm³/mol. The number of aliphatic hydroxyl groups is 1. The van der Waals surface area contributed by atoms with E-state index >= 15 is 0 Å².